The van der Waals surface area contributed by atoms with Gasteiger partial charge in [0.15, 0.2) is 0 Å². The summed E-state index contributed by atoms with van der Waals surface area (Å²) in [5.41, 5.74) is 1.68. The molecule has 0 aliphatic carbocycles. The van der Waals surface area contributed by atoms with Crippen molar-refractivity contribution in [3.8, 4) is 17.2 Å². The second-order valence-electron chi connectivity index (χ2n) is 4.88. The minimum atomic E-state index is 0.735. The summed E-state index contributed by atoms with van der Waals surface area (Å²) in [6.07, 6.45) is 9.22. The van der Waals surface area contributed by atoms with E-state index in [9.17, 15) is 0 Å². The zero-order valence-electron chi connectivity index (χ0n) is 11.8. The summed E-state index contributed by atoms with van der Waals surface area (Å²) in [6, 6.07) is 11.8. The number of nitrogens with one attached hydrogen (secondary N) is 1. The van der Waals surface area contributed by atoms with Crippen LogP contribution >= 0.6 is 0 Å². The van der Waals surface area contributed by atoms with Crippen LogP contribution < -0.4 is 10.2 Å². The molecule has 6 nitrogen and oxygen atoms in total. The van der Waals surface area contributed by atoms with Gasteiger partial charge in [0.05, 0.1) is 18.1 Å². The van der Waals surface area contributed by atoms with Crippen LogP contribution in [0.4, 0.5) is 5.82 Å². The van der Waals surface area contributed by atoms with Gasteiger partial charge in [-0.25, -0.2) is 15.0 Å². The monoisotopic (exact) mass is 290 g/mol. The van der Waals surface area contributed by atoms with Gasteiger partial charge in [0.2, 0.25) is 0 Å². The molecule has 6 heteroatoms. The molecule has 0 aromatic carbocycles. The fourth-order valence-corrected chi connectivity index (χ4v) is 2.33. The van der Waals surface area contributed by atoms with Gasteiger partial charge < -0.3 is 10.2 Å². The molecule has 0 saturated heterocycles. The average Bonchev–Trinajstić information content (AvgIpc) is 3.29. The number of anilines is 1. The van der Waals surface area contributed by atoms with Crippen LogP contribution in [0, 0.1) is 0 Å². The Morgan fingerprint density at radius 1 is 0.955 bits per heavy atom. The van der Waals surface area contributed by atoms with Crippen LogP contribution in [0.5, 0.6) is 0 Å². The predicted molar refractivity (Wildman–Crippen MR) is 84.2 cm³/mol. The predicted octanol–water partition coefficient (Wildman–Crippen LogP) is 2.17. The average molecular weight is 290 g/mol. The highest BCUT2D eigenvalue weighted by Gasteiger charge is 2.10. The minimum absolute atomic E-state index is 0.735. The minimum Gasteiger partial charge on any atom is -0.372 e. The summed E-state index contributed by atoms with van der Waals surface area (Å²) in [4.78, 5) is 15.5. The third kappa shape index (κ3) is 2.31. The van der Waals surface area contributed by atoms with Crippen LogP contribution in [0.25, 0.3) is 17.2 Å². The third-order valence-corrected chi connectivity index (χ3v) is 3.43. The maximum atomic E-state index is 4.69. The molecule has 108 valence electrons. The molecule has 0 unspecified atom stereocenters. The van der Waals surface area contributed by atoms with Crippen molar-refractivity contribution < 1.29 is 0 Å². The second-order valence-corrected chi connectivity index (χ2v) is 4.88. The van der Waals surface area contributed by atoms with Gasteiger partial charge in [-0.2, -0.15) is 0 Å². The van der Waals surface area contributed by atoms with Crippen molar-refractivity contribution in [2.75, 3.05) is 11.6 Å². The number of rotatable bonds is 3. The maximum absolute atomic E-state index is 4.69. The summed E-state index contributed by atoms with van der Waals surface area (Å²) >= 11 is 0. The Balaban J connectivity index is 1.71. The molecule has 22 heavy (non-hydrogen) atoms. The highest BCUT2D eigenvalue weighted by atomic mass is 15.3. The lowest BCUT2D eigenvalue weighted by Crippen LogP contribution is -2.20. The Morgan fingerprint density at radius 2 is 1.73 bits per heavy atom. The number of hydrogen-bond donors (Lipinski definition) is 1. The topological polar surface area (TPSA) is 58.9 Å². The normalized spacial score (nSPS) is 13.4. The van der Waals surface area contributed by atoms with Crippen molar-refractivity contribution in [1.29, 1.82) is 0 Å². The Bertz CT molecular complexity index is 809. The van der Waals surface area contributed by atoms with E-state index >= 15 is 0 Å². The van der Waals surface area contributed by atoms with Crippen molar-refractivity contribution in [1.82, 2.24) is 24.8 Å². The highest BCUT2D eigenvalue weighted by molar-refractivity contribution is 5.59. The molecular weight excluding hydrogens is 276 g/mol. The Morgan fingerprint density at radius 3 is 2.41 bits per heavy atom. The van der Waals surface area contributed by atoms with E-state index in [-0.39, 0.29) is 0 Å². The van der Waals surface area contributed by atoms with Gasteiger partial charge in [-0.15, -0.1) is 0 Å². The van der Waals surface area contributed by atoms with Crippen LogP contribution in [0.1, 0.15) is 0 Å². The molecule has 0 radical (unpaired) electrons. The number of aromatic nitrogens is 4. The molecule has 0 amide bonds. The maximum Gasteiger partial charge on any atom is 0.138 e. The molecule has 0 atom stereocenters. The van der Waals surface area contributed by atoms with Gasteiger partial charge in [0.25, 0.3) is 0 Å². The van der Waals surface area contributed by atoms with Gasteiger partial charge in [0.1, 0.15) is 18.0 Å². The second kappa shape index (κ2) is 5.33. The van der Waals surface area contributed by atoms with Crippen molar-refractivity contribution in [2.45, 2.75) is 0 Å². The molecule has 1 aliphatic rings. The molecule has 3 aromatic heterocycles. The van der Waals surface area contributed by atoms with E-state index in [1.54, 1.807) is 12.5 Å². The van der Waals surface area contributed by atoms with Crippen molar-refractivity contribution >= 4 is 5.82 Å². The van der Waals surface area contributed by atoms with E-state index in [0.717, 1.165) is 29.7 Å². The molecule has 0 bridgehead atoms. The first-order chi connectivity index (χ1) is 10.9. The first kappa shape index (κ1) is 12.6. The lowest BCUT2D eigenvalue weighted by atomic mass is 10.2. The first-order valence-corrected chi connectivity index (χ1v) is 7.00. The molecule has 4 rings (SSSR count). The Hall–Kier alpha value is -3.15. The van der Waals surface area contributed by atoms with Crippen molar-refractivity contribution in [2.24, 2.45) is 0 Å². The third-order valence-electron chi connectivity index (χ3n) is 3.43. The number of nitrogens with zero attached hydrogens (tertiary/aromatic N) is 5. The van der Waals surface area contributed by atoms with Crippen LogP contribution in [-0.2, 0) is 0 Å². The Kier molecular flexibility index (Phi) is 3.05. The van der Waals surface area contributed by atoms with Crippen LogP contribution in [0.2, 0.25) is 0 Å². The zero-order chi connectivity index (χ0) is 14.8. The summed E-state index contributed by atoms with van der Waals surface area (Å²) in [5, 5.41) is 3.14. The number of hydrogen-bond acceptors (Lipinski definition) is 5. The zero-order valence-corrected chi connectivity index (χ0v) is 11.8. The standard InChI is InChI=1S/C16H14N6/c1-3-13(19-15(5-1)21-9-7-17-11-21)14-4-2-6-16(20-14)22-10-8-18-12-22/h1-11,18H,12H2. The van der Waals surface area contributed by atoms with Gasteiger partial charge in [-0.1, -0.05) is 12.1 Å². The van der Waals surface area contributed by atoms with Crippen LogP contribution in [0.15, 0.2) is 67.5 Å². The number of imidazole rings is 1. The summed E-state index contributed by atoms with van der Waals surface area (Å²) in [7, 11) is 0. The van der Waals surface area contributed by atoms with Gasteiger partial charge >= 0.3 is 0 Å². The largest absolute Gasteiger partial charge is 0.372 e. The molecule has 0 spiro atoms. The van der Waals surface area contributed by atoms with Crippen molar-refractivity contribution in [3.05, 3.63) is 67.5 Å². The molecule has 1 aliphatic heterocycles. The molecule has 4 heterocycles. The van der Waals surface area contributed by atoms with Gasteiger partial charge in [0, 0.05) is 24.8 Å². The quantitative estimate of drug-likeness (QED) is 0.801. The fourth-order valence-electron chi connectivity index (χ4n) is 2.33. The molecule has 3 aromatic rings. The lowest BCUT2D eigenvalue weighted by molar-refractivity contribution is 0.887. The molecule has 1 N–H and O–H groups in total. The summed E-state index contributed by atoms with van der Waals surface area (Å²) in [5.74, 6) is 1.72. The molecular formula is C16H14N6. The van der Waals surface area contributed by atoms with E-state index in [0.29, 0.717) is 0 Å². The molecule has 0 saturated carbocycles. The summed E-state index contributed by atoms with van der Waals surface area (Å²) in [6.45, 7) is 0.735. The van der Waals surface area contributed by atoms with E-state index in [2.05, 4.69) is 15.3 Å². The van der Waals surface area contributed by atoms with Crippen LogP contribution in [0.3, 0.4) is 0 Å². The number of pyridine rings is 2. The van der Waals surface area contributed by atoms with Crippen molar-refractivity contribution in [3.63, 3.8) is 0 Å². The SMILES string of the molecule is C1=CN(c2cccc(-c3cccc(-n4ccnc4)n3)n2)CN1. The highest BCUT2D eigenvalue weighted by Crippen LogP contribution is 2.20. The smallest absolute Gasteiger partial charge is 0.138 e. The van der Waals surface area contributed by atoms with E-state index in [1.165, 1.54) is 0 Å². The summed E-state index contributed by atoms with van der Waals surface area (Å²) < 4.78 is 1.88. The molecule has 0 fully saturated rings. The van der Waals surface area contributed by atoms with E-state index in [1.807, 2.05) is 64.5 Å². The fraction of sp³-hybridized carbons (Fsp3) is 0.0625. The van der Waals surface area contributed by atoms with Gasteiger partial charge in [-0.3, -0.25) is 4.57 Å². The first-order valence-electron chi connectivity index (χ1n) is 7.00. The Labute approximate surface area is 127 Å². The van der Waals surface area contributed by atoms with Gasteiger partial charge in [-0.05, 0) is 24.3 Å². The van der Waals surface area contributed by atoms with E-state index < -0.39 is 0 Å². The lowest BCUT2D eigenvalue weighted by Gasteiger charge is -2.14. The van der Waals surface area contributed by atoms with Crippen LogP contribution in [-0.4, -0.2) is 26.2 Å². The van der Waals surface area contributed by atoms with E-state index in [4.69, 9.17) is 4.98 Å².